The molecule has 0 aliphatic carbocycles. The number of nitrogens with zero attached hydrogens (tertiary/aromatic N) is 1. The Kier molecular flexibility index (Phi) is 12.1. The molecule has 0 saturated carbocycles. The second-order valence-electron chi connectivity index (χ2n) is 0.558. The van der Waals surface area contributed by atoms with Gasteiger partial charge in [-0.25, -0.2) is 10.3 Å². The fourth-order valence-corrected chi connectivity index (χ4v) is 0. The predicted molar refractivity (Wildman–Crippen MR) is 23.8 cm³/mol. The molecule has 0 heterocycles. The number of carbonyl (C=O) groups excluding carboxylic acids is 1. The fourth-order valence-electron chi connectivity index (χ4n) is 0. The predicted octanol–water partition coefficient (Wildman–Crippen LogP) is -0.199. The van der Waals surface area contributed by atoms with Gasteiger partial charge in [-0.3, -0.25) is 5.21 Å². The van der Waals surface area contributed by atoms with E-state index in [1.54, 1.807) is 0 Å². The van der Waals surface area contributed by atoms with E-state index in [1.165, 1.54) is 5.48 Å². The van der Waals surface area contributed by atoms with Gasteiger partial charge in [-0.15, -0.1) is 0 Å². The van der Waals surface area contributed by atoms with Crippen LogP contribution in [-0.2, 0) is 4.57 Å². The summed E-state index contributed by atoms with van der Waals surface area (Å²) in [4.78, 5) is 9.23. The zero-order valence-electron chi connectivity index (χ0n) is 3.74. The molecule has 0 radical (unpaired) electrons. The van der Waals surface area contributed by atoms with Crippen molar-refractivity contribution in [3.05, 3.63) is 0 Å². The van der Waals surface area contributed by atoms with Crippen LogP contribution in [0.25, 0.3) is 0 Å². The van der Waals surface area contributed by atoms with Crippen LogP contribution in [0.3, 0.4) is 0 Å². The molecule has 4 N–H and O–H groups in total. The Morgan fingerprint density at radius 2 is 2.00 bits per heavy atom. The number of urea groups is 1. The van der Waals surface area contributed by atoms with E-state index in [0.29, 0.717) is 0 Å². The molecule has 6 nitrogen and oxygen atoms in total. The number of rotatable bonds is 0. The Morgan fingerprint density at radius 3 is 2.00 bits per heavy atom. The van der Waals surface area contributed by atoms with Crippen molar-refractivity contribution in [3.63, 3.8) is 0 Å². The van der Waals surface area contributed by atoms with Crippen LogP contribution in [0.5, 0.6) is 0 Å². The van der Waals surface area contributed by atoms with E-state index in [1.807, 2.05) is 0 Å². The number of nitrogens with two attached hydrogens (primary N) is 1. The van der Waals surface area contributed by atoms with Crippen LogP contribution in [-0.4, -0.2) is 11.2 Å². The van der Waals surface area contributed by atoms with Crippen molar-refractivity contribution in [2.45, 2.75) is 0 Å². The van der Waals surface area contributed by atoms with Gasteiger partial charge in [-0.1, -0.05) is 0 Å². The van der Waals surface area contributed by atoms with Crippen molar-refractivity contribution in [1.82, 2.24) is 5.48 Å². The Balaban J connectivity index is 0. The van der Waals surface area contributed by atoms with Crippen LogP contribution in [0.4, 0.5) is 4.79 Å². The number of nitrogens with one attached hydrogen (secondary N) is 1. The third-order valence-electron chi connectivity index (χ3n) is 0.110. The number of amides is 2. The Morgan fingerprint density at radius 1 is 1.88 bits per heavy atom. The van der Waals surface area contributed by atoms with E-state index >= 15 is 0 Å². The number of primary amides is 1. The van der Waals surface area contributed by atoms with Gasteiger partial charge in [0.15, 0.2) is 0 Å². The average Bonchev–Trinajstić information content (AvgIpc) is 1.69. The standard InChI is InChI=1S/CH4N2O2.NOP/c2-1(4)3-5;1-3-2/h5H,(H3,2,3,4);. The largest absolute Gasteiger partial charge is 0.350 e. The molecular weight excluding hydrogens is 133 g/mol. The van der Waals surface area contributed by atoms with Crippen LogP contribution < -0.4 is 11.2 Å². The maximum Gasteiger partial charge on any atom is 0.335 e. The number of carbonyl (C=O) groups is 1. The van der Waals surface area contributed by atoms with Crippen LogP contribution in [0.2, 0.25) is 0 Å². The summed E-state index contributed by atoms with van der Waals surface area (Å²) in [5.74, 6) is 0. The minimum atomic E-state index is -0.940. The average molecular weight is 137 g/mol. The molecule has 0 fully saturated rings. The van der Waals surface area contributed by atoms with Crippen molar-refractivity contribution in [2.75, 3.05) is 0 Å². The van der Waals surface area contributed by atoms with Crippen LogP contribution in [0.15, 0.2) is 0 Å². The van der Waals surface area contributed by atoms with E-state index in [2.05, 4.69) is 5.73 Å². The zero-order valence-corrected chi connectivity index (χ0v) is 4.63. The molecule has 0 aromatic heterocycles. The van der Waals surface area contributed by atoms with Gasteiger partial charge in [0, 0.05) is 0 Å². The topological polar surface area (TPSA) is 116 Å². The van der Waals surface area contributed by atoms with E-state index in [4.69, 9.17) is 14.8 Å². The summed E-state index contributed by atoms with van der Waals surface area (Å²) in [6.07, 6.45) is 0. The summed E-state index contributed by atoms with van der Waals surface area (Å²) >= 11 is 0. The molecular formula is CH4N3O3P. The van der Waals surface area contributed by atoms with Crippen molar-refractivity contribution in [1.29, 1.82) is 5.00 Å². The SMILES string of the molecule is N#P=O.NC(=O)NO. The Labute approximate surface area is 46.0 Å². The normalized spacial score (nSPS) is 5.50. The molecule has 2 amide bonds. The van der Waals surface area contributed by atoms with Crippen molar-refractivity contribution in [2.24, 2.45) is 5.73 Å². The summed E-state index contributed by atoms with van der Waals surface area (Å²) in [5.41, 5.74) is 5.46. The first-order chi connectivity index (χ1) is 3.68. The van der Waals surface area contributed by atoms with Crippen molar-refractivity contribution >= 4 is 14.1 Å². The van der Waals surface area contributed by atoms with Crippen LogP contribution >= 0.6 is 8.10 Å². The second kappa shape index (κ2) is 9.48. The van der Waals surface area contributed by atoms with Crippen LogP contribution in [0.1, 0.15) is 0 Å². The Hall–Kier alpha value is -0.830. The Bertz CT molecular complexity index is 129. The van der Waals surface area contributed by atoms with Gasteiger partial charge in [-0.05, 0) is 0 Å². The molecule has 7 heteroatoms. The first-order valence-electron chi connectivity index (χ1n) is 1.35. The minimum absolute atomic E-state index is 0.833. The maximum atomic E-state index is 9.23. The first kappa shape index (κ1) is 10.2. The van der Waals surface area contributed by atoms with Gasteiger partial charge in [0.1, 0.15) is 0 Å². The molecule has 0 bridgehead atoms. The molecule has 0 rings (SSSR count). The number of hydrogen-bond acceptors (Lipinski definition) is 4. The van der Waals surface area contributed by atoms with Gasteiger partial charge in [-0.2, -0.15) is 0 Å². The van der Waals surface area contributed by atoms with Gasteiger partial charge in [0.05, 0.1) is 0 Å². The summed E-state index contributed by atoms with van der Waals surface area (Å²) in [6, 6.07) is -0.940. The molecule has 0 atom stereocenters. The van der Waals surface area contributed by atoms with E-state index < -0.39 is 14.1 Å². The van der Waals surface area contributed by atoms with Gasteiger partial charge in [0.25, 0.3) is 0 Å². The van der Waals surface area contributed by atoms with E-state index in [-0.39, 0.29) is 0 Å². The molecule has 0 aromatic rings. The first-order valence-corrected chi connectivity index (χ1v) is 2.11. The smallest absolute Gasteiger partial charge is 0.335 e. The summed E-state index contributed by atoms with van der Waals surface area (Å²) in [5, 5.41) is 14.4. The second-order valence-corrected chi connectivity index (χ2v) is 0.721. The fraction of sp³-hybridized carbons (Fsp3) is 0. The zero-order chi connectivity index (χ0) is 6.99. The molecule has 0 aliphatic rings. The molecule has 46 valence electrons. The maximum absolute atomic E-state index is 9.23. The molecule has 0 saturated heterocycles. The molecule has 0 aliphatic heterocycles. The monoisotopic (exact) mass is 137 g/mol. The summed E-state index contributed by atoms with van der Waals surface area (Å²) < 4.78 is 8.46. The number of hydrogen-bond donors (Lipinski definition) is 3. The van der Waals surface area contributed by atoms with Crippen molar-refractivity contribution < 1.29 is 14.6 Å². The molecule has 8 heavy (non-hydrogen) atoms. The van der Waals surface area contributed by atoms with Gasteiger partial charge in [0.2, 0.25) is 0 Å². The van der Waals surface area contributed by atoms with E-state index in [0.717, 1.165) is 0 Å². The van der Waals surface area contributed by atoms with Gasteiger partial charge < -0.3 is 5.73 Å². The van der Waals surface area contributed by atoms with E-state index in [9.17, 15) is 4.79 Å². The summed E-state index contributed by atoms with van der Waals surface area (Å²) in [7, 11) is -0.833. The van der Waals surface area contributed by atoms with Crippen LogP contribution in [0, 0.1) is 5.00 Å². The summed E-state index contributed by atoms with van der Waals surface area (Å²) in [6.45, 7) is 0. The molecule has 0 unspecified atom stereocenters. The number of hydroxylamine groups is 1. The van der Waals surface area contributed by atoms with Gasteiger partial charge >= 0.3 is 23.7 Å². The van der Waals surface area contributed by atoms with Crippen molar-refractivity contribution in [3.8, 4) is 0 Å². The molecule has 0 spiro atoms. The minimum Gasteiger partial charge on any atom is -0.350 e. The quantitative estimate of drug-likeness (QED) is 0.243. The third kappa shape index (κ3) is 65.7. The molecule has 0 aromatic carbocycles. The third-order valence-corrected chi connectivity index (χ3v) is 0.110.